The maximum atomic E-state index is 8.66. The van der Waals surface area contributed by atoms with Crippen LogP contribution in [0.3, 0.4) is 0 Å². The van der Waals surface area contributed by atoms with Gasteiger partial charge in [0.25, 0.3) is 5.78 Å². The number of aryl methyl sites for hydroxylation is 1. The molecule has 2 heterocycles. The van der Waals surface area contributed by atoms with Crippen LogP contribution in [0.5, 0.6) is 0 Å². The zero-order chi connectivity index (χ0) is 14.1. The lowest BCUT2D eigenvalue weighted by molar-refractivity contribution is 0.317. The van der Waals surface area contributed by atoms with Gasteiger partial charge in [0.1, 0.15) is 18.0 Å². The zero-order valence-electron chi connectivity index (χ0n) is 11.3. The van der Waals surface area contributed by atoms with Crippen LogP contribution >= 0.6 is 0 Å². The van der Waals surface area contributed by atoms with Gasteiger partial charge in [-0.2, -0.15) is 14.6 Å². The molecule has 0 unspecified atom stereocenters. The van der Waals surface area contributed by atoms with E-state index in [-0.39, 0.29) is 5.84 Å². The van der Waals surface area contributed by atoms with Gasteiger partial charge in [-0.15, -0.1) is 0 Å². The van der Waals surface area contributed by atoms with Crippen LogP contribution < -0.4 is 10.6 Å². The highest BCUT2D eigenvalue weighted by molar-refractivity contribution is 5.80. The van der Waals surface area contributed by atoms with Crippen molar-refractivity contribution >= 4 is 17.4 Å². The van der Waals surface area contributed by atoms with Crippen LogP contribution in [0.15, 0.2) is 17.5 Å². The number of aromatic nitrogens is 4. The number of fused-ring (bicyclic) bond motifs is 1. The highest BCUT2D eigenvalue weighted by atomic mass is 16.4. The molecule has 0 spiro atoms. The fourth-order valence-electron chi connectivity index (χ4n) is 2.27. The summed E-state index contributed by atoms with van der Waals surface area (Å²) >= 11 is 0. The molecule has 1 saturated carbocycles. The molecule has 2 aromatic heterocycles. The SMILES string of the molecule is Cc1cc(N(CCC(N)=NO)C2CC2)n2ncnc2n1. The van der Waals surface area contributed by atoms with E-state index in [0.29, 0.717) is 24.8 Å². The largest absolute Gasteiger partial charge is 0.409 e. The molecule has 1 fully saturated rings. The van der Waals surface area contributed by atoms with Gasteiger partial charge in [0.05, 0.1) is 0 Å². The molecular formula is C12H17N7O. The normalized spacial score (nSPS) is 15.8. The summed E-state index contributed by atoms with van der Waals surface area (Å²) in [5, 5.41) is 15.9. The lowest BCUT2D eigenvalue weighted by Crippen LogP contribution is -2.32. The Labute approximate surface area is 115 Å². The number of rotatable bonds is 5. The third kappa shape index (κ3) is 2.36. The minimum absolute atomic E-state index is 0.233. The molecule has 0 aliphatic heterocycles. The highest BCUT2D eigenvalue weighted by Crippen LogP contribution is 2.31. The first-order chi connectivity index (χ1) is 9.69. The minimum Gasteiger partial charge on any atom is -0.409 e. The number of nitrogens with zero attached hydrogens (tertiary/aromatic N) is 6. The summed E-state index contributed by atoms with van der Waals surface area (Å²) in [5.74, 6) is 1.78. The predicted octanol–water partition coefficient (Wildman–Crippen LogP) is 0.538. The van der Waals surface area contributed by atoms with Crippen LogP contribution in [0, 0.1) is 6.92 Å². The van der Waals surface area contributed by atoms with Crippen molar-refractivity contribution in [3.63, 3.8) is 0 Å². The van der Waals surface area contributed by atoms with E-state index in [2.05, 4.69) is 25.1 Å². The van der Waals surface area contributed by atoms with E-state index >= 15 is 0 Å². The minimum atomic E-state index is 0.233. The molecule has 1 aliphatic rings. The van der Waals surface area contributed by atoms with E-state index in [0.717, 1.165) is 24.4 Å². The van der Waals surface area contributed by atoms with Crippen molar-refractivity contribution in [2.75, 3.05) is 11.4 Å². The van der Waals surface area contributed by atoms with Crippen LogP contribution in [0.4, 0.5) is 5.82 Å². The standard InChI is InChI=1S/C12H17N7O/c1-8-6-11(19-12(16-8)14-7-15-19)18(9-2-3-9)5-4-10(13)17-20/h6-7,9,20H,2-5H2,1H3,(H2,13,17). The fourth-order valence-corrected chi connectivity index (χ4v) is 2.27. The van der Waals surface area contributed by atoms with Crippen LogP contribution in [0.25, 0.3) is 5.78 Å². The molecule has 0 saturated heterocycles. The van der Waals surface area contributed by atoms with E-state index in [1.54, 1.807) is 4.52 Å². The summed E-state index contributed by atoms with van der Waals surface area (Å²) < 4.78 is 1.73. The second-order valence-corrected chi connectivity index (χ2v) is 4.99. The Morgan fingerprint density at radius 1 is 1.60 bits per heavy atom. The lowest BCUT2D eigenvalue weighted by Gasteiger charge is -2.24. The van der Waals surface area contributed by atoms with Gasteiger partial charge in [0, 0.05) is 30.8 Å². The summed E-state index contributed by atoms with van der Waals surface area (Å²) in [7, 11) is 0. The Bertz CT molecular complexity index is 646. The predicted molar refractivity (Wildman–Crippen MR) is 73.9 cm³/mol. The van der Waals surface area contributed by atoms with E-state index < -0.39 is 0 Å². The van der Waals surface area contributed by atoms with Gasteiger partial charge in [-0.25, -0.2) is 4.98 Å². The van der Waals surface area contributed by atoms with E-state index in [1.807, 2.05) is 13.0 Å². The van der Waals surface area contributed by atoms with Crippen molar-refractivity contribution in [2.24, 2.45) is 10.9 Å². The van der Waals surface area contributed by atoms with Crippen molar-refractivity contribution < 1.29 is 5.21 Å². The second kappa shape index (κ2) is 4.95. The average Bonchev–Trinajstić information content (AvgIpc) is 3.16. The summed E-state index contributed by atoms with van der Waals surface area (Å²) in [6.07, 6.45) is 4.30. The van der Waals surface area contributed by atoms with Crippen LogP contribution in [0.1, 0.15) is 25.0 Å². The van der Waals surface area contributed by atoms with Gasteiger partial charge in [0.2, 0.25) is 0 Å². The molecule has 2 aromatic rings. The molecule has 20 heavy (non-hydrogen) atoms. The van der Waals surface area contributed by atoms with Crippen molar-refractivity contribution in [1.29, 1.82) is 0 Å². The molecule has 8 heteroatoms. The van der Waals surface area contributed by atoms with E-state index in [1.165, 1.54) is 6.33 Å². The maximum Gasteiger partial charge on any atom is 0.254 e. The second-order valence-electron chi connectivity index (χ2n) is 4.99. The van der Waals surface area contributed by atoms with Gasteiger partial charge < -0.3 is 15.8 Å². The quantitative estimate of drug-likeness (QED) is 0.357. The smallest absolute Gasteiger partial charge is 0.254 e. The molecule has 106 valence electrons. The number of nitrogens with two attached hydrogens (primary N) is 1. The lowest BCUT2D eigenvalue weighted by atomic mass is 10.3. The third-order valence-electron chi connectivity index (χ3n) is 3.38. The molecule has 3 rings (SSSR count). The van der Waals surface area contributed by atoms with Gasteiger partial charge in [-0.1, -0.05) is 5.16 Å². The number of hydrogen-bond donors (Lipinski definition) is 2. The first-order valence-electron chi connectivity index (χ1n) is 6.59. The zero-order valence-corrected chi connectivity index (χ0v) is 11.3. The number of anilines is 1. The van der Waals surface area contributed by atoms with Crippen molar-refractivity contribution in [3.8, 4) is 0 Å². The summed E-state index contributed by atoms with van der Waals surface area (Å²) in [4.78, 5) is 10.7. The Balaban J connectivity index is 1.94. The Kier molecular flexibility index (Phi) is 3.13. The molecule has 1 aliphatic carbocycles. The number of amidine groups is 1. The molecule has 0 amide bonds. The van der Waals surface area contributed by atoms with Crippen LogP contribution in [-0.2, 0) is 0 Å². The first kappa shape index (κ1) is 12.6. The first-order valence-corrected chi connectivity index (χ1v) is 6.59. The van der Waals surface area contributed by atoms with Crippen molar-refractivity contribution in [2.45, 2.75) is 32.2 Å². The summed E-state index contributed by atoms with van der Waals surface area (Å²) in [6.45, 7) is 2.62. The third-order valence-corrected chi connectivity index (χ3v) is 3.38. The van der Waals surface area contributed by atoms with Crippen molar-refractivity contribution in [3.05, 3.63) is 18.1 Å². The molecule has 8 nitrogen and oxygen atoms in total. The van der Waals surface area contributed by atoms with Crippen LogP contribution in [0.2, 0.25) is 0 Å². The highest BCUT2D eigenvalue weighted by Gasteiger charge is 2.31. The van der Waals surface area contributed by atoms with E-state index in [4.69, 9.17) is 10.9 Å². The molecular weight excluding hydrogens is 258 g/mol. The number of hydrogen-bond acceptors (Lipinski definition) is 6. The van der Waals surface area contributed by atoms with Crippen LogP contribution in [-0.4, -0.2) is 43.2 Å². The summed E-state index contributed by atoms with van der Waals surface area (Å²) in [6, 6.07) is 2.47. The molecule has 0 bridgehead atoms. The Hall–Kier alpha value is -2.38. The van der Waals surface area contributed by atoms with E-state index in [9.17, 15) is 0 Å². The van der Waals surface area contributed by atoms with Gasteiger partial charge >= 0.3 is 0 Å². The fraction of sp³-hybridized carbons (Fsp3) is 0.500. The maximum absolute atomic E-state index is 8.66. The average molecular weight is 275 g/mol. The molecule has 0 radical (unpaired) electrons. The topological polar surface area (TPSA) is 105 Å². The monoisotopic (exact) mass is 275 g/mol. The Morgan fingerprint density at radius 2 is 2.40 bits per heavy atom. The van der Waals surface area contributed by atoms with Gasteiger partial charge in [-0.3, -0.25) is 0 Å². The summed E-state index contributed by atoms with van der Waals surface area (Å²) in [5.41, 5.74) is 6.47. The molecule has 0 aromatic carbocycles. The molecule has 0 atom stereocenters. The van der Waals surface area contributed by atoms with Crippen molar-refractivity contribution in [1.82, 2.24) is 19.6 Å². The van der Waals surface area contributed by atoms with Gasteiger partial charge in [-0.05, 0) is 19.8 Å². The number of oxime groups is 1. The molecule has 3 N–H and O–H groups in total. The van der Waals surface area contributed by atoms with Gasteiger partial charge in [0.15, 0.2) is 0 Å². The Morgan fingerprint density at radius 3 is 3.10 bits per heavy atom.